The Balaban J connectivity index is 1.39. The maximum atomic E-state index is 12.4. The molecular formula is C22H17N3OS. The molecule has 0 aliphatic carbocycles. The Labute approximate surface area is 161 Å². The lowest BCUT2D eigenvalue weighted by Gasteiger charge is -2.05. The van der Waals surface area contributed by atoms with Crippen LogP contribution in [0.5, 0.6) is 0 Å². The van der Waals surface area contributed by atoms with E-state index in [1.807, 2.05) is 60.0 Å². The first-order valence-corrected chi connectivity index (χ1v) is 9.46. The maximum Gasteiger partial charge on any atom is 0.251 e. The lowest BCUT2D eigenvalue weighted by atomic mass is 10.0. The standard InChI is InChI=1S/C22H17N3OS/c26-21(18-8-6-17(7-9-18)16-4-2-1-3-5-16)24-14-20-15-27-22(25-20)19-10-12-23-13-11-19/h1-13,15H,14H2,(H,24,26). The number of hydrogen-bond donors (Lipinski definition) is 1. The van der Waals surface area contributed by atoms with Crippen LogP contribution in [0.3, 0.4) is 0 Å². The average molecular weight is 371 g/mol. The number of carbonyl (C=O) groups excluding carboxylic acids is 1. The minimum absolute atomic E-state index is 0.104. The first kappa shape index (κ1) is 17.1. The highest BCUT2D eigenvalue weighted by atomic mass is 32.1. The van der Waals surface area contributed by atoms with Crippen LogP contribution in [-0.2, 0) is 6.54 Å². The van der Waals surface area contributed by atoms with Crippen molar-refractivity contribution in [2.75, 3.05) is 0 Å². The number of aromatic nitrogens is 2. The molecule has 0 atom stereocenters. The number of carbonyl (C=O) groups is 1. The number of hydrogen-bond acceptors (Lipinski definition) is 4. The van der Waals surface area contributed by atoms with Gasteiger partial charge in [0.05, 0.1) is 12.2 Å². The first-order chi connectivity index (χ1) is 13.3. The average Bonchev–Trinajstić information content (AvgIpc) is 3.22. The summed E-state index contributed by atoms with van der Waals surface area (Å²) in [6.07, 6.45) is 3.49. The Bertz CT molecular complexity index is 1030. The third kappa shape index (κ3) is 4.10. The smallest absolute Gasteiger partial charge is 0.251 e. The molecule has 0 saturated heterocycles. The third-order valence-electron chi connectivity index (χ3n) is 4.16. The number of nitrogens with zero attached hydrogens (tertiary/aromatic N) is 2. The molecule has 0 aliphatic heterocycles. The van der Waals surface area contributed by atoms with Crippen molar-refractivity contribution >= 4 is 17.2 Å². The fraction of sp³-hybridized carbons (Fsp3) is 0.0455. The normalized spacial score (nSPS) is 10.5. The van der Waals surface area contributed by atoms with Crippen LogP contribution in [0.15, 0.2) is 84.5 Å². The van der Waals surface area contributed by atoms with E-state index >= 15 is 0 Å². The highest BCUT2D eigenvalue weighted by Gasteiger charge is 2.08. The van der Waals surface area contributed by atoms with Gasteiger partial charge in [0, 0.05) is 28.9 Å². The Morgan fingerprint density at radius 2 is 1.56 bits per heavy atom. The molecule has 0 unspecified atom stereocenters. The summed E-state index contributed by atoms with van der Waals surface area (Å²) in [6, 6.07) is 21.6. The molecule has 5 heteroatoms. The Kier molecular flexibility index (Phi) is 5.03. The molecule has 0 saturated carbocycles. The van der Waals surface area contributed by atoms with Crippen LogP contribution in [0.1, 0.15) is 16.1 Å². The monoisotopic (exact) mass is 371 g/mol. The molecule has 132 valence electrons. The van der Waals surface area contributed by atoms with Crippen molar-refractivity contribution < 1.29 is 4.79 Å². The molecule has 0 bridgehead atoms. The van der Waals surface area contributed by atoms with Crippen LogP contribution in [0.4, 0.5) is 0 Å². The van der Waals surface area contributed by atoms with Crippen LogP contribution in [0, 0.1) is 0 Å². The quantitative estimate of drug-likeness (QED) is 0.548. The van der Waals surface area contributed by atoms with E-state index in [-0.39, 0.29) is 5.91 Å². The summed E-state index contributed by atoms with van der Waals surface area (Å²) < 4.78 is 0. The van der Waals surface area contributed by atoms with Crippen molar-refractivity contribution in [1.82, 2.24) is 15.3 Å². The summed E-state index contributed by atoms with van der Waals surface area (Å²) in [4.78, 5) is 21.0. The van der Waals surface area contributed by atoms with E-state index in [2.05, 4.69) is 27.4 Å². The van der Waals surface area contributed by atoms with E-state index < -0.39 is 0 Å². The predicted octanol–water partition coefficient (Wildman–Crippen LogP) is 4.80. The summed E-state index contributed by atoms with van der Waals surface area (Å²) >= 11 is 1.56. The zero-order chi connectivity index (χ0) is 18.5. The first-order valence-electron chi connectivity index (χ1n) is 8.58. The van der Waals surface area contributed by atoms with Crippen molar-refractivity contribution in [3.8, 4) is 21.7 Å². The summed E-state index contributed by atoms with van der Waals surface area (Å²) in [6.45, 7) is 0.404. The number of amides is 1. The van der Waals surface area contributed by atoms with Crippen LogP contribution < -0.4 is 5.32 Å². The van der Waals surface area contributed by atoms with Gasteiger partial charge in [-0.2, -0.15) is 0 Å². The van der Waals surface area contributed by atoms with E-state index in [4.69, 9.17) is 0 Å². The molecule has 0 spiro atoms. The fourth-order valence-corrected chi connectivity index (χ4v) is 3.56. The van der Waals surface area contributed by atoms with Gasteiger partial charge in [0.15, 0.2) is 0 Å². The van der Waals surface area contributed by atoms with Gasteiger partial charge >= 0.3 is 0 Å². The van der Waals surface area contributed by atoms with Crippen molar-refractivity contribution in [3.05, 3.63) is 95.8 Å². The van der Waals surface area contributed by atoms with Gasteiger partial charge < -0.3 is 5.32 Å². The van der Waals surface area contributed by atoms with E-state index in [1.165, 1.54) is 0 Å². The van der Waals surface area contributed by atoms with Crippen molar-refractivity contribution in [1.29, 1.82) is 0 Å². The van der Waals surface area contributed by atoms with E-state index in [1.54, 1.807) is 23.7 Å². The number of thiazole rings is 1. The molecule has 0 radical (unpaired) electrons. The zero-order valence-corrected chi connectivity index (χ0v) is 15.3. The van der Waals surface area contributed by atoms with Gasteiger partial charge in [0.2, 0.25) is 0 Å². The summed E-state index contributed by atoms with van der Waals surface area (Å²) in [5, 5.41) is 5.82. The highest BCUT2D eigenvalue weighted by molar-refractivity contribution is 7.13. The van der Waals surface area contributed by atoms with Gasteiger partial charge in [-0.25, -0.2) is 4.98 Å². The van der Waals surface area contributed by atoms with E-state index in [0.29, 0.717) is 12.1 Å². The molecular weight excluding hydrogens is 354 g/mol. The van der Waals surface area contributed by atoms with Crippen molar-refractivity contribution in [3.63, 3.8) is 0 Å². The second kappa shape index (κ2) is 7.93. The molecule has 2 heterocycles. The fourth-order valence-electron chi connectivity index (χ4n) is 2.73. The van der Waals surface area contributed by atoms with Gasteiger partial charge in [-0.15, -0.1) is 11.3 Å². The molecule has 4 rings (SSSR count). The minimum atomic E-state index is -0.104. The van der Waals surface area contributed by atoms with Gasteiger partial charge in [-0.3, -0.25) is 9.78 Å². The van der Waals surface area contributed by atoms with Crippen LogP contribution in [0.25, 0.3) is 21.7 Å². The zero-order valence-electron chi connectivity index (χ0n) is 14.5. The molecule has 1 amide bonds. The van der Waals surface area contributed by atoms with Crippen LogP contribution in [-0.4, -0.2) is 15.9 Å². The van der Waals surface area contributed by atoms with Gasteiger partial charge in [0.25, 0.3) is 5.91 Å². The van der Waals surface area contributed by atoms with E-state index in [0.717, 1.165) is 27.4 Å². The van der Waals surface area contributed by atoms with E-state index in [9.17, 15) is 4.79 Å². The minimum Gasteiger partial charge on any atom is -0.346 e. The molecule has 2 aromatic carbocycles. The van der Waals surface area contributed by atoms with Crippen LogP contribution >= 0.6 is 11.3 Å². The largest absolute Gasteiger partial charge is 0.346 e. The van der Waals surface area contributed by atoms with Crippen LogP contribution in [0.2, 0.25) is 0 Å². The Hall–Kier alpha value is -3.31. The topological polar surface area (TPSA) is 54.9 Å². The van der Waals surface area contributed by atoms with Gasteiger partial charge in [0.1, 0.15) is 5.01 Å². The van der Waals surface area contributed by atoms with Gasteiger partial charge in [-0.1, -0.05) is 42.5 Å². The van der Waals surface area contributed by atoms with Crippen molar-refractivity contribution in [2.24, 2.45) is 0 Å². The summed E-state index contributed by atoms with van der Waals surface area (Å²) in [5.41, 5.74) is 4.74. The molecule has 1 N–H and O–H groups in total. The summed E-state index contributed by atoms with van der Waals surface area (Å²) in [5.74, 6) is -0.104. The molecule has 4 aromatic rings. The lowest BCUT2D eigenvalue weighted by Crippen LogP contribution is -2.22. The molecule has 2 aromatic heterocycles. The van der Waals surface area contributed by atoms with Gasteiger partial charge in [-0.05, 0) is 35.4 Å². The highest BCUT2D eigenvalue weighted by Crippen LogP contribution is 2.23. The second-order valence-corrected chi connectivity index (χ2v) is 6.86. The Morgan fingerprint density at radius 3 is 2.30 bits per heavy atom. The number of benzene rings is 2. The molecule has 0 fully saturated rings. The lowest BCUT2D eigenvalue weighted by molar-refractivity contribution is 0.0950. The molecule has 4 nitrogen and oxygen atoms in total. The van der Waals surface area contributed by atoms with Crippen molar-refractivity contribution in [2.45, 2.75) is 6.54 Å². The second-order valence-electron chi connectivity index (χ2n) is 6.01. The third-order valence-corrected chi connectivity index (χ3v) is 5.10. The Morgan fingerprint density at radius 1 is 0.852 bits per heavy atom. The predicted molar refractivity (Wildman–Crippen MR) is 108 cm³/mol. The number of pyridine rings is 1. The number of nitrogens with one attached hydrogen (secondary N) is 1. The molecule has 0 aliphatic rings. The molecule has 27 heavy (non-hydrogen) atoms. The maximum absolute atomic E-state index is 12.4. The SMILES string of the molecule is O=C(NCc1csc(-c2ccncc2)n1)c1ccc(-c2ccccc2)cc1. The summed E-state index contributed by atoms with van der Waals surface area (Å²) in [7, 11) is 0. The number of rotatable bonds is 5.